The van der Waals surface area contributed by atoms with Crippen molar-refractivity contribution in [2.24, 2.45) is 0 Å². The molecular weight excluding hydrogens is 304 g/mol. The van der Waals surface area contributed by atoms with E-state index in [2.05, 4.69) is 21.4 Å². The zero-order valence-electron chi connectivity index (χ0n) is 13.8. The Morgan fingerprint density at radius 2 is 2.17 bits per heavy atom. The molecule has 1 aliphatic rings. The lowest BCUT2D eigenvalue weighted by Gasteiger charge is -2.11. The lowest BCUT2D eigenvalue weighted by molar-refractivity contribution is -0.119. The summed E-state index contributed by atoms with van der Waals surface area (Å²) in [6, 6.07) is 7.71. The minimum atomic E-state index is -0.131. The number of carbonyl (C=O) groups excluding carboxylic acids is 2. The monoisotopic (exact) mass is 326 g/mol. The maximum Gasteiger partial charge on any atom is 0.226 e. The van der Waals surface area contributed by atoms with Crippen LogP contribution in [0.2, 0.25) is 0 Å². The van der Waals surface area contributed by atoms with Gasteiger partial charge in [0.2, 0.25) is 11.8 Å². The van der Waals surface area contributed by atoms with E-state index in [9.17, 15) is 9.59 Å². The highest BCUT2D eigenvalue weighted by Gasteiger charge is 2.13. The third kappa shape index (κ3) is 4.01. The molecular formula is C18H22N4O2. The van der Waals surface area contributed by atoms with Gasteiger partial charge < -0.3 is 15.2 Å². The number of aryl methyl sites for hydroxylation is 2. The number of nitrogens with zero attached hydrogens (tertiary/aromatic N) is 2. The number of rotatable bonds is 5. The highest BCUT2D eigenvalue weighted by atomic mass is 16.2. The average Bonchev–Trinajstić information content (AvgIpc) is 2.99. The van der Waals surface area contributed by atoms with Crippen LogP contribution in [0.5, 0.6) is 0 Å². The number of carbonyl (C=O) groups is 2. The van der Waals surface area contributed by atoms with Crippen molar-refractivity contribution >= 4 is 17.5 Å². The van der Waals surface area contributed by atoms with Crippen LogP contribution in [0.25, 0.3) is 11.3 Å². The van der Waals surface area contributed by atoms with E-state index in [1.54, 1.807) is 0 Å². The summed E-state index contributed by atoms with van der Waals surface area (Å²) in [6.07, 6.45) is 5.77. The van der Waals surface area contributed by atoms with Gasteiger partial charge in [0.05, 0.1) is 5.69 Å². The third-order valence-electron chi connectivity index (χ3n) is 4.08. The Morgan fingerprint density at radius 1 is 1.29 bits per heavy atom. The maximum absolute atomic E-state index is 11.9. The van der Waals surface area contributed by atoms with Crippen LogP contribution in [0.3, 0.4) is 0 Å². The molecule has 2 amide bonds. The van der Waals surface area contributed by atoms with Gasteiger partial charge in [-0.3, -0.25) is 9.59 Å². The second kappa shape index (κ2) is 7.29. The molecule has 2 heterocycles. The predicted molar refractivity (Wildman–Crippen MR) is 92.5 cm³/mol. The van der Waals surface area contributed by atoms with E-state index in [4.69, 9.17) is 4.98 Å². The summed E-state index contributed by atoms with van der Waals surface area (Å²) in [5.74, 6) is 0.888. The van der Waals surface area contributed by atoms with Gasteiger partial charge in [0.25, 0.3) is 0 Å². The van der Waals surface area contributed by atoms with Crippen LogP contribution >= 0.6 is 0 Å². The number of hydrogen-bond acceptors (Lipinski definition) is 3. The topological polar surface area (TPSA) is 76.0 Å². The summed E-state index contributed by atoms with van der Waals surface area (Å²) in [6.45, 7) is 2.81. The molecule has 0 bridgehead atoms. The number of hydrogen-bond donors (Lipinski definition) is 2. The fraction of sp³-hybridized carbons (Fsp3) is 0.389. The predicted octanol–water partition coefficient (Wildman–Crippen LogP) is 2.35. The quantitative estimate of drug-likeness (QED) is 0.885. The fourth-order valence-electron chi connectivity index (χ4n) is 2.88. The van der Waals surface area contributed by atoms with Gasteiger partial charge in [0.1, 0.15) is 5.82 Å². The molecule has 1 aliphatic heterocycles. The Hall–Kier alpha value is -2.63. The molecule has 6 heteroatoms. The highest BCUT2D eigenvalue weighted by molar-refractivity contribution is 5.91. The molecule has 0 spiro atoms. The number of benzene rings is 1. The zero-order chi connectivity index (χ0) is 16.9. The Morgan fingerprint density at radius 3 is 2.96 bits per heavy atom. The van der Waals surface area contributed by atoms with Crippen LogP contribution in [0.15, 0.2) is 30.5 Å². The van der Waals surface area contributed by atoms with Crippen LogP contribution in [-0.2, 0) is 22.6 Å². The molecule has 3 rings (SSSR count). The van der Waals surface area contributed by atoms with Crippen molar-refractivity contribution in [3.05, 3.63) is 36.3 Å². The summed E-state index contributed by atoms with van der Waals surface area (Å²) >= 11 is 0. The van der Waals surface area contributed by atoms with Gasteiger partial charge in [-0.25, -0.2) is 4.98 Å². The maximum atomic E-state index is 11.9. The molecule has 2 aromatic rings. The first kappa shape index (κ1) is 16.2. The van der Waals surface area contributed by atoms with Gasteiger partial charge in [0.15, 0.2) is 0 Å². The molecule has 0 saturated heterocycles. The van der Waals surface area contributed by atoms with E-state index in [0.29, 0.717) is 6.54 Å². The molecule has 1 aromatic carbocycles. The van der Waals surface area contributed by atoms with Crippen molar-refractivity contribution in [3.63, 3.8) is 0 Å². The average molecular weight is 326 g/mol. The molecule has 0 aliphatic carbocycles. The van der Waals surface area contributed by atoms with Crippen molar-refractivity contribution in [2.75, 3.05) is 11.9 Å². The van der Waals surface area contributed by atoms with Gasteiger partial charge in [-0.05, 0) is 25.0 Å². The van der Waals surface area contributed by atoms with Crippen LogP contribution in [-0.4, -0.2) is 27.9 Å². The molecule has 0 radical (unpaired) electrons. The molecule has 0 fully saturated rings. The van der Waals surface area contributed by atoms with Crippen molar-refractivity contribution < 1.29 is 9.59 Å². The number of amides is 2. The second-order valence-corrected chi connectivity index (χ2v) is 6.05. The molecule has 0 atom stereocenters. The van der Waals surface area contributed by atoms with Crippen LogP contribution in [0.4, 0.5) is 5.69 Å². The van der Waals surface area contributed by atoms with E-state index in [-0.39, 0.29) is 18.2 Å². The normalized spacial score (nSPS) is 13.2. The van der Waals surface area contributed by atoms with Crippen LogP contribution in [0.1, 0.15) is 32.0 Å². The van der Waals surface area contributed by atoms with Crippen molar-refractivity contribution in [1.82, 2.24) is 14.9 Å². The van der Waals surface area contributed by atoms with Gasteiger partial charge in [-0.15, -0.1) is 0 Å². The summed E-state index contributed by atoms with van der Waals surface area (Å²) < 4.78 is 2.22. The van der Waals surface area contributed by atoms with E-state index in [1.165, 1.54) is 19.8 Å². The van der Waals surface area contributed by atoms with Gasteiger partial charge >= 0.3 is 0 Å². The van der Waals surface area contributed by atoms with Gasteiger partial charge in [-0.1, -0.05) is 12.1 Å². The Labute approximate surface area is 141 Å². The van der Waals surface area contributed by atoms with E-state index in [1.807, 2.05) is 24.3 Å². The molecule has 24 heavy (non-hydrogen) atoms. The number of nitrogens with one attached hydrogen (secondary N) is 2. The summed E-state index contributed by atoms with van der Waals surface area (Å²) in [5.41, 5.74) is 2.68. The SMILES string of the molecule is CC(=O)NCCC(=O)Nc1cccc(-c2cn3c(n2)CCCC3)c1. The first-order valence-electron chi connectivity index (χ1n) is 8.32. The Kier molecular flexibility index (Phi) is 4.93. The standard InChI is InChI=1S/C18H22N4O2/c1-13(23)19-9-8-18(24)20-15-6-4-5-14(11-15)16-12-22-10-3-2-7-17(22)21-16/h4-6,11-12H,2-3,7-10H2,1H3,(H,19,23)(H,20,24). The number of imidazole rings is 1. The van der Waals surface area contributed by atoms with Crippen LogP contribution < -0.4 is 10.6 Å². The molecule has 0 unspecified atom stereocenters. The first-order chi connectivity index (χ1) is 11.6. The first-order valence-corrected chi connectivity index (χ1v) is 8.32. The van der Waals surface area contributed by atoms with E-state index in [0.717, 1.165) is 35.7 Å². The number of fused-ring (bicyclic) bond motifs is 1. The van der Waals surface area contributed by atoms with E-state index >= 15 is 0 Å². The Bertz CT molecular complexity index is 728. The van der Waals surface area contributed by atoms with Gasteiger partial charge in [-0.2, -0.15) is 0 Å². The largest absolute Gasteiger partial charge is 0.356 e. The Balaban J connectivity index is 1.66. The molecule has 2 N–H and O–H groups in total. The number of anilines is 1. The summed E-state index contributed by atoms with van der Waals surface area (Å²) in [7, 11) is 0. The second-order valence-electron chi connectivity index (χ2n) is 6.05. The number of aromatic nitrogens is 2. The molecule has 126 valence electrons. The molecule has 6 nitrogen and oxygen atoms in total. The van der Waals surface area contributed by atoms with Gasteiger partial charge in [0, 0.05) is 50.3 Å². The fourth-order valence-corrected chi connectivity index (χ4v) is 2.88. The summed E-state index contributed by atoms with van der Waals surface area (Å²) in [5, 5.41) is 5.48. The minimum absolute atomic E-state index is 0.120. The third-order valence-corrected chi connectivity index (χ3v) is 4.08. The lowest BCUT2D eigenvalue weighted by Crippen LogP contribution is -2.25. The smallest absolute Gasteiger partial charge is 0.226 e. The van der Waals surface area contributed by atoms with Crippen molar-refractivity contribution in [3.8, 4) is 11.3 Å². The summed E-state index contributed by atoms with van der Waals surface area (Å²) in [4.78, 5) is 27.4. The van der Waals surface area contributed by atoms with Crippen molar-refractivity contribution in [1.29, 1.82) is 0 Å². The van der Waals surface area contributed by atoms with Crippen LogP contribution in [0, 0.1) is 0 Å². The molecule has 1 aromatic heterocycles. The zero-order valence-corrected chi connectivity index (χ0v) is 13.8. The molecule has 0 saturated carbocycles. The lowest BCUT2D eigenvalue weighted by atomic mass is 10.1. The minimum Gasteiger partial charge on any atom is -0.356 e. The van der Waals surface area contributed by atoms with Crippen molar-refractivity contribution in [2.45, 2.75) is 39.2 Å². The highest BCUT2D eigenvalue weighted by Crippen LogP contribution is 2.24. The van der Waals surface area contributed by atoms with E-state index < -0.39 is 0 Å².